The topological polar surface area (TPSA) is 59.3 Å². The van der Waals surface area contributed by atoms with E-state index in [1.807, 2.05) is 109 Å². The molecular weight excluding hydrogens is 659 g/mol. The zero-order valence-electron chi connectivity index (χ0n) is 27.5. The van der Waals surface area contributed by atoms with Gasteiger partial charge in [0.15, 0.2) is 0 Å². The number of hydrogen-bond acceptors (Lipinski definition) is 4. The van der Waals surface area contributed by atoms with Crippen LogP contribution in [0.1, 0.15) is 0 Å². The van der Waals surface area contributed by atoms with E-state index in [0.717, 1.165) is 67.1 Å². The van der Waals surface area contributed by atoms with Gasteiger partial charge in [0, 0.05) is 46.0 Å². The Balaban J connectivity index is 0.000000157. The van der Waals surface area contributed by atoms with E-state index in [0.29, 0.717) is 10.0 Å². The van der Waals surface area contributed by atoms with Crippen LogP contribution in [-0.2, 0) is 14.1 Å². The number of para-hydroxylation sites is 2. The highest BCUT2D eigenvalue weighted by molar-refractivity contribution is 6.30. The number of rotatable bonds is 6. The molecule has 0 atom stereocenters. The Morgan fingerprint density at radius 1 is 0.380 bits per heavy atom. The SMILES string of the molecule is Cn1c(-c2ccccc2)c(N=Nc2ccc(Cl)cc2)c2ccccc21.Cn1c(-c2ccccc2)c(N=Nc2ccc(Cl)cc2)c2ccccc21. The highest BCUT2D eigenvalue weighted by atomic mass is 35.5. The van der Waals surface area contributed by atoms with Crippen LogP contribution in [0, 0.1) is 0 Å². The minimum absolute atomic E-state index is 0.689. The molecule has 0 unspecified atom stereocenters. The van der Waals surface area contributed by atoms with Crippen molar-refractivity contribution in [2.45, 2.75) is 0 Å². The molecule has 0 saturated carbocycles. The Bertz CT molecular complexity index is 2270. The van der Waals surface area contributed by atoms with Crippen molar-refractivity contribution in [1.82, 2.24) is 9.13 Å². The molecule has 0 radical (unpaired) electrons. The molecule has 0 fully saturated rings. The maximum Gasteiger partial charge on any atom is 0.119 e. The van der Waals surface area contributed by atoms with E-state index >= 15 is 0 Å². The van der Waals surface area contributed by atoms with Gasteiger partial charge >= 0.3 is 0 Å². The fourth-order valence-corrected chi connectivity index (χ4v) is 6.28. The molecule has 0 aliphatic rings. The first-order valence-electron chi connectivity index (χ1n) is 16.1. The van der Waals surface area contributed by atoms with Crippen molar-refractivity contribution in [3.63, 3.8) is 0 Å². The van der Waals surface area contributed by atoms with Gasteiger partial charge in [-0.1, -0.05) is 120 Å². The predicted octanol–water partition coefficient (Wildman–Crippen LogP) is 13.8. The largest absolute Gasteiger partial charge is 0.342 e. The fourth-order valence-electron chi connectivity index (χ4n) is 6.03. The van der Waals surface area contributed by atoms with Gasteiger partial charge in [-0.25, -0.2) is 0 Å². The summed E-state index contributed by atoms with van der Waals surface area (Å²) in [7, 11) is 4.12. The van der Waals surface area contributed by atoms with Gasteiger partial charge in [0.2, 0.25) is 0 Å². The van der Waals surface area contributed by atoms with Crippen LogP contribution in [0.25, 0.3) is 44.3 Å². The lowest BCUT2D eigenvalue weighted by atomic mass is 10.1. The van der Waals surface area contributed by atoms with Gasteiger partial charge in [0.1, 0.15) is 11.4 Å². The molecule has 0 aliphatic heterocycles. The fraction of sp³-hybridized carbons (Fsp3) is 0.0476. The number of hydrogen-bond donors (Lipinski definition) is 0. The minimum Gasteiger partial charge on any atom is -0.342 e. The van der Waals surface area contributed by atoms with Crippen molar-refractivity contribution in [1.29, 1.82) is 0 Å². The highest BCUT2D eigenvalue weighted by Crippen LogP contribution is 2.41. The van der Waals surface area contributed by atoms with Crippen molar-refractivity contribution >= 4 is 67.8 Å². The van der Waals surface area contributed by atoms with E-state index in [1.165, 1.54) is 0 Å². The van der Waals surface area contributed by atoms with Crippen molar-refractivity contribution in [2.24, 2.45) is 34.6 Å². The summed E-state index contributed by atoms with van der Waals surface area (Å²) < 4.78 is 4.34. The smallest absolute Gasteiger partial charge is 0.119 e. The lowest BCUT2D eigenvalue weighted by molar-refractivity contribution is 0.976. The van der Waals surface area contributed by atoms with E-state index in [-0.39, 0.29) is 0 Å². The molecule has 8 aromatic rings. The van der Waals surface area contributed by atoms with Gasteiger partial charge in [0.25, 0.3) is 0 Å². The van der Waals surface area contributed by atoms with E-state index in [2.05, 4.69) is 92.2 Å². The summed E-state index contributed by atoms with van der Waals surface area (Å²) in [6.45, 7) is 0. The van der Waals surface area contributed by atoms with Gasteiger partial charge in [-0.05, 0) is 60.7 Å². The molecular formula is C42H32Cl2N6. The Hall–Kier alpha value is -5.82. The predicted molar refractivity (Wildman–Crippen MR) is 208 cm³/mol. The Kier molecular flexibility index (Phi) is 9.65. The normalized spacial score (nSPS) is 11.4. The molecule has 8 rings (SSSR count). The Morgan fingerprint density at radius 2 is 0.720 bits per heavy atom. The molecule has 0 N–H and O–H groups in total. The second kappa shape index (κ2) is 14.7. The zero-order chi connectivity index (χ0) is 34.5. The second-order valence-electron chi connectivity index (χ2n) is 11.6. The monoisotopic (exact) mass is 690 g/mol. The van der Waals surface area contributed by atoms with E-state index in [9.17, 15) is 0 Å². The second-order valence-corrected chi connectivity index (χ2v) is 12.5. The molecule has 0 aliphatic carbocycles. The Morgan fingerprint density at radius 3 is 1.10 bits per heavy atom. The summed E-state index contributed by atoms with van der Waals surface area (Å²) in [6, 6.07) is 51.7. The molecule has 244 valence electrons. The molecule has 50 heavy (non-hydrogen) atoms. The molecule has 0 saturated heterocycles. The molecule has 6 nitrogen and oxygen atoms in total. The number of halogens is 2. The van der Waals surface area contributed by atoms with Crippen molar-refractivity contribution in [3.8, 4) is 22.5 Å². The first-order valence-corrected chi connectivity index (χ1v) is 16.8. The first-order chi connectivity index (χ1) is 24.5. The number of nitrogens with zero attached hydrogens (tertiary/aromatic N) is 6. The van der Waals surface area contributed by atoms with Crippen LogP contribution in [0.4, 0.5) is 22.7 Å². The zero-order valence-corrected chi connectivity index (χ0v) is 29.0. The van der Waals surface area contributed by atoms with Crippen LogP contribution < -0.4 is 0 Å². The van der Waals surface area contributed by atoms with Crippen molar-refractivity contribution in [3.05, 3.63) is 168 Å². The molecule has 2 aromatic heterocycles. The average molecular weight is 692 g/mol. The molecule has 6 aromatic carbocycles. The van der Waals surface area contributed by atoms with Crippen LogP contribution in [0.2, 0.25) is 10.0 Å². The van der Waals surface area contributed by atoms with Crippen LogP contribution in [-0.4, -0.2) is 9.13 Å². The third-order valence-electron chi connectivity index (χ3n) is 8.44. The van der Waals surface area contributed by atoms with Crippen molar-refractivity contribution < 1.29 is 0 Å². The molecule has 0 amide bonds. The molecule has 8 heteroatoms. The van der Waals surface area contributed by atoms with Crippen LogP contribution in [0.15, 0.2) is 178 Å². The Labute approximate surface area is 300 Å². The summed E-state index contributed by atoms with van der Waals surface area (Å²) in [5, 5.41) is 21.6. The van der Waals surface area contributed by atoms with Gasteiger partial charge < -0.3 is 9.13 Å². The summed E-state index contributed by atoms with van der Waals surface area (Å²) in [5.74, 6) is 0. The van der Waals surface area contributed by atoms with Gasteiger partial charge in [-0.3, -0.25) is 0 Å². The summed E-state index contributed by atoms with van der Waals surface area (Å²) in [5.41, 5.74) is 9.90. The number of benzene rings is 6. The van der Waals surface area contributed by atoms with Gasteiger partial charge in [0.05, 0.1) is 33.8 Å². The average Bonchev–Trinajstić information content (AvgIpc) is 3.61. The van der Waals surface area contributed by atoms with Gasteiger partial charge in [-0.15, -0.1) is 10.2 Å². The van der Waals surface area contributed by atoms with E-state index in [4.69, 9.17) is 23.2 Å². The molecule has 0 bridgehead atoms. The third kappa shape index (κ3) is 6.85. The highest BCUT2D eigenvalue weighted by Gasteiger charge is 2.17. The quantitative estimate of drug-likeness (QED) is 0.156. The first kappa shape index (κ1) is 32.7. The van der Waals surface area contributed by atoms with E-state index in [1.54, 1.807) is 0 Å². The van der Waals surface area contributed by atoms with Crippen LogP contribution in [0.3, 0.4) is 0 Å². The van der Waals surface area contributed by atoms with Crippen molar-refractivity contribution in [2.75, 3.05) is 0 Å². The maximum atomic E-state index is 5.94. The number of fused-ring (bicyclic) bond motifs is 2. The summed E-state index contributed by atoms with van der Waals surface area (Å²) in [4.78, 5) is 0. The van der Waals surface area contributed by atoms with Gasteiger partial charge in [-0.2, -0.15) is 10.2 Å². The lowest BCUT2D eigenvalue weighted by Gasteiger charge is -2.05. The minimum atomic E-state index is 0.689. The van der Waals surface area contributed by atoms with Crippen LogP contribution >= 0.6 is 23.2 Å². The van der Waals surface area contributed by atoms with E-state index < -0.39 is 0 Å². The summed E-state index contributed by atoms with van der Waals surface area (Å²) in [6.07, 6.45) is 0. The number of aromatic nitrogens is 2. The number of azo groups is 2. The third-order valence-corrected chi connectivity index (χ3v) is 8.94. The summed E-state index contributed by atoms with van der Waals surface area (Å²) >= 11 is 11.9. The van der Waals surface area contributed by atoms with Crippen LogP contribution in [0.5, 0.6) is 0 Å². The number of aryl methyl sites for hydroxylation is 2. The molecule has 0 spiro atoms. The maximum absolute atomic E-state index is 5.94. The molecule has 2 heterocycles. The standard InChI is InChI=1S/2C21H16ClN3/c2*1-25-19-10-6-5-9-18(19)20(21(25)15-7-3-2-4-8-15)24-23-17-13-11-16(22)12-14-17/h2*2-14H,1H3. The lowest BCUT2D eigenvalue weighted by Crippen LogP contribution is -1.90.